The third-order valence-corrected chi connectivity index (χ3v) is 8.18. The topological polar surface area (TPSA) is 35.5 Å². The Morgan fingerprint density at radius 1 is 1.03 bits per heavy atom. The molecule has 0 amide bonds. The predicted octanol–water partition coefficient (Wildman–Crippen LogP) is 7.66. The van der Waals surface area contributed by atoms with E-state index in [2.05, 4.69) is 27.7 Å². The fraction of sp³-hybridized carbons (Fsp3) is 0.667. The van der Waals surface area contributed by atoms with Gasteiger partial charge in [0.1, 0.15) is 9.13 Å². The van der Waals surface area contributed by atoms with Gasteiger partial charge in [0.05, 0.1) is 17.8 Å². The maximum absolute atomic E-state index is 12.7. The summed E-state index contributed by atoms with van der Waals surface area (Å²) in [6.45, 7) is 13.1. The molecule has 0 saturated carbocycles. The lowest BCUT2D eigenvalue weighted by atomic mass is 9.98. The minimum Gasteiger partial charge on any atom is -0.456 e. The van der Waals surface area contributed by atoms with E-state index in [1.807, 2.05) is 38.1 Å². The summed E-state index contributed by atoms with van der Waals surface area (Å²) in [6.07, 6.45) is 4.76. The Labute approximate surface area is 197 Å². The molecule has 0 aliphatic heterocycles. The van der Waals surface area contributed by atoms with Crippen molar-refractivity contribution in [1.82, 2.24) is 0 Å². The van der Waals surface area contributed by atoms with Crippen LogP contribution in [0.25, 0.3) is 0 Å². The molecule has 0 spiro atoms. The second kappa shape index (κ2) is 13.8. The van der Waals surface area contributed by atoms with Crippen molar-refractivity contribution in [3.63, 3.8) is 0 Å². The Kier molecular flexibility index (Phi) is 12.6. The number of thioether (sulfide) groups is 2. The van der Waals surface area contributed by atoms with Gasteiger partial charge < -0.3 is 9.47 Å². The number of ether oxygens (including phenoxy) is 2. The molecule has 0 aromatic heterocycles. The third-order valence-electron chi connectivity index (χ3n) is 5.33. The quantitative estimate of drug-likeness (QED) is 0.167. The molecule has 1 aromatic carbocycles. The largest absolute Gasteiger partial charge is 0.456 e. The summed E-state index contributed by atoms with van der Waals surface area (Å²) in [6, 6.07) is 7.66. The number of carbonyl (C=O) groups excluding carboxylic acids is 1. The molecule has 0 fully saturated rings. The van der Waals surface area contributed by atoms with Crippen LogP contribution in [0.15, 0.2) is 24.3 Å². The highest BCUT2D eigenvalue weighted by molar-refractivity contribution is 8.46. The molecule has 0 bridgehead atoms. The van der Waals surface area contributed by atoms with Crippen molar-refractivity contribution < 1.29 is 14.3 Å². The van der Waals surface area contributed by atoms with Crippen LogP contribution in [-0.2, 0) is 15.2 Å². The Hall–Kier alpha value is -0.560. The normalized spacial score (nSPS) is 13.7. The molecule has 0 N–H and O–H groups in total. The van der Waals surface area contributed by atoms with Gasteiger partial charge in [-0.3, -0.25) is 0 Å². The monoisotopic (exact) mass is 470 g/mol. The van der Waals surface area contributed by atoms with Crippen LogP contribution in [0.1, 0.15) is 89.6 Å². The standard InChI is InChI=1S/C24H38O3S3/c1-7-10-17-29-22(28)30-18-19-11-13-20(14-12-19)21(25)27-24(6,9-3)15-16-26-23(4,5)8-2/h11-14H,7-10,15-18H2,1-6H3. The van der Waals surface area contributed by atoms with Crippen molar-refractivity contribution in [3.8, 4) is 0 Å². The molecular weight excluding hydrogens is 432 g/mol. The average Bonchev–Trinajstić information content (AvgIpc) is 2.72. The molecule has 0 aliphatic carbocycles. The Morgan fingerprint density at radius 2 is 1.70 bits per heavy atom. The van der Waals surface area contributed by atoms with E-state index in [-0.39, 0.29) is 11.6 Å². The van der Waals surface area contributed by atoms with Crippen molar-refractivity contribution in [3.05, 3.63) is 35.4 Å². The minimum atomic E-state index is -0.530. The summed E-state index contributed by atoms with van der Waals surface area (Å²) in [7, 11) is 0. The molecule has 6 heteroatoms. The molecule has 170 valence electrons. The highest BCUT2D eigenvalue weighted by Crippen LogP contribution is 2.25. The van der Waals surface area contributed by atoms with Gasteiger partial charge in [0.15, 0.2) is 0 Å². The van der Waals surface area contributed by atoms with E-state index >= 15 is 0 Å². The van der Waals surface area contributed by atoms with Crippen molar-refractivity contribution in [2.24, 2.45) is 0 Å². The number of hydrogen-bond donors (Lipinski definition) is 0. The van der Waals surface area contributed by atoms with E-state index in [1.54, 1.807) is 23.5 Å². The second-order valence-electron chi connectivity index (χ2n) is 8.34. The molecule has 0 heterocycles. The van der Waals surface area contributed by atoms with E-state index in [0.29, 0.717) is 18.6 Å². The number of esters is 1. The van der Waals surface area contributed by atoms with Crippen molar-refractivity contribution in [2.75, 3.05) is 12.4 Å². The van der Waals surface area contributed by atoms with Gasteiger partial charge in [-0.15, -0.1) is 23.5 Å². The average molecular weight is 471 g/mol. The lowest BCUT2D eigenvalue weighted by molar-refractivity contribution is -0.0625. The van der Waals surface area contributed by atoms with Crippen LogP contribution in [-0.4, -0.2) is 33.1 Å². The van der Waals surface area contributed by atoms with Gasteiger partial charge in [-0.25, -0.2) is 4.79 Å². The van der Waals surface area contributed by atoms with Crippen LogP contribution in [0, 0.1) is 0 Å². The van der Waals surface area contributed by atoms with E-state index in [1.165, 1.54) is 12.8 Å². The van der Waals surface area contributed by atoms with Crippen LogP contribution in [0.2, 0.25) is 0 Å². The predicted molar refractivity (Wildman–Crippen MR) is 137 cm³/mol. The molecule has 1 atom stereocenters. The summed E-state index contributed by atoms with van der Waals surface area (Å²) in [5, 5.41) is 0. The first-order chi connectivity index (χ1) is 14.1. The first-order valence-corrected chi connectivity index (χ1v) is 13.3. The van der Waals surface area contributed by atoms with Crippen molar-refractivity contribution >= 4 is 45.2 Å². The van der Waals surface area contributed by atoms with Gasteiger partial charge in [0, 0.05) is 12.2 Å². The first-order valence-electron chi connectivity index (χ1n) is 10.9. The maximum atomic E-state index is 12.7. The molecule has 3 nitrogen and oxygen atoms in total. The summed E-state index contributed by atoms with van der Waals surface area (Å²) in [5.74, 6) is 1.63. The fourth-order valence-electron chi connectivity index (χ4n) is 2.45. The van der Waals surface area contributed by atoms with Gasteiger partial charge in [-0.2, -0.15) is 0 Å². The third kappa shape index (κ3) is 10.7. The zero-order valence-electron chi connectivity index (χ0n) is 19.4. The fourth-order valence-corrected chi connectivity index (χ4v) is 4.71. The van der Waals surface area contributed by atoms with Gasteiger partial charge in [0.25, 0.3) is 0 Å². The van der Waals surface area contributed by atoms with Crippen LogP contribution in [0.3, 0.4) is 0 Å². The number of carbonyl (C=O) groups is 1. The molecule has 1 aromatic rings. The molecule has 0 aliphatic rings. The molecule has 30 heavy (non-hydrogen) atoms. The van der Waals surface area contributed by atoms with E-state index in [0.717, 1.165) is 33.4 Å². The first kappa shape index (κ1) is 27.5. The maximum Gasteiger partial charge on any atom is 0.338 e. The molecular formula is C24H38O3S3. The summed E-state index contributed by atoms with van der Waals surface area (Å²) < 4.78 is 12.8. The van der Waals surface area contributed by atoms with Gasteiger partial charge >= 0.3 is 5.97 Å². The van der Waals surface area contributed by atoms with Gasteiger partial charge in [0.2, 0.25) is 0 Å². The molecule has 0 radical (unpaired) electrons. The van der Waals surface area contributed by atoms with Crippen LogP contribution in [0.4, 0.5) is 0 Å². The van der Waals surface area contributed by atoms with Crippen LogP contribution >= 0.6 is 35.7 Å². The van der Waals surface area contributed by atoms with Gasteiger partial charge in [-0.1, -0.05) is 51.5 Å². The zero-order valence-corrected chi connectivity index (χ0v) is 21.9. The van der Waals surface area contributed by atoms with Crippen LogP contribution < -0.4 is 0 Å². The minimum absolute atomic E-state index is 0.149. The van der Waals surface area contributed by atoms with Crippen LogP contribution in [0.5, 0.6) is 0 Å². The molecule has 0 saturated heterocycles. The van der Waals surface area contributed by atoms with Crippen molar-refractivity contribution in [2.45, 2.75) is 90.6 Å². The lowest BCUT2D eigenvalue weighted by Crippen LogP contribution is -2.34. The Morgan fingerprint density at radius 3 is 2.27 bits per heavy atom. The number of benzene rings is 1. The van der Waals surface area contributed by atoms with Crippen molar-refractivity contribution in [1.29, 1.82) is 0 Å². The van der Waals surface area contributed by atoms with Gasteiger partial charge in [-0.05, 0) is 63.5 Å². The van der Waals surface area contributed by atoms with E-state index < -0.39 is 5.60 Å². The van der Waals surface area contributed by atoms with E-state index in [4.69, 9.17) is 21.7 Å². The summed E-state index contributed by atoms with van der Waals surface area (Å²) in [5.41, 5.74) is 1.06. The lowest BCUT2D eigenvalue weighted by Gasteiger charge is -2.31. The second-order valence-corrected chi connectivity index (χ2v) is 11.6. The smallest absolute Gasteiger partial charge is 0.338 e. The summed E-state index contributed by atoms with van der Waals surface area (Å²) in [4.78, 5) is 12.7. The van der Waals surface area contributed by atoms with E-state index in [9.17, 15) is 4.79 Å². The highest BCUT2D eigenvalue weighted by Gasteiger charge is 2.28. The highest BCUT2D eigenvalue weighted by atomic mass is 32.2. The molecule has 1 unspecified atom stereocenters. The number of thiocarbonyl (C=S) groups is 1. The zero-order chi connectivity index (χ0) is 22.6. The Balaban J connectivity index is 2.54. The number of rotatable bonds is 13. The molecule has 1 rings (SSSR count). The summed E-state index contributed by atoms with van der Waals surface area (Å²) >= 11 is 8.86. The SMILES string of the molecule is CCCCSC(=S)SCc1ccc(C(=O)OC(C)(CC)CCOC(C)(C)CC)cc1. The Bertz CT molecular complexity index is 658. The number of hydrogen-bond acceptors (Lipinski definition) is 6. The number of unbranched alkanes of at least 4 members (excludes halogenated alkanes) is 1.